The molecule has 0 spiro atoms. The Morgan fingerprint density at radius 3 is 2.17 bits per heavy atom. The van der Waals surface area contributed by atoms with E-state index in [9.17, 15) is 0 Å². The minimum absolute atomic E-state index is 0.00299. The van der Waals surface area contributed by atoms with Crippen LogP contribution in [0.25, 0.3) is 0 Å². The summed E-state index contributed by atoms with van der Waals surface area (Å²) < 4.78 is 12.2. The maximum Gasteiger partial charge on any atom is 0.220 e. The first-order valence-electron chi connectivity index (χ1n) is 12.7. The molecule has 5 rings (SSSR count). The van der Waals surface area contributed by atoms with Crippen molar-refractivity contribution < 1.29 is 9.15 Å². The molecule has 6 heteroatoms. The third kappa shape index (κ3) is 6.78. The highest BCUT2D eigenvalue weighted by Gasteiger charge is 2.26. The molecule has 1 aliphatic heterocycles. The third-order valence-electron chi connectivity index (χ3n) is 6.31. The van der Waals surface area contributed by atoms with E-state index in [1.165, 1.54) is 16.0 Å². The van der Waals surface area contributed by atoms with Crippen LogP contribution in [0.4, 0.5) is 5.88 Å². The average molecular weight is 500 g/mol. The van der Waals surface area contributed by atoms with E-state index in [-0.39, 0.29) is 6.04 Å². The fourth-order valence-corrected chi connectivity index (χ4v) is 5.35. The number of nitrogens with one attached hydrogen (secondary N) is 1. The van der Waals surface area contributed by atoms with Gasteiger partial charge in [-0.05, 0) is 36.2 Å². The molecule has 1 aromatic heterocycles. The van der Waals surface area contributed by atoms with Gasteiger partial charge in [-0.3, -0.25) is 0 Å². The Bertz CT molecular complexity index is 1180. The van der Waals surface area contributed by atoms with Crippen molar-refractivity contribution >= 4 is 17.6 Å². The van der Waals surface area contributed by atoms with Crippen molar-refractivity contribution in [2.75, 3.05) is 43.5 Å². The second kappa shape index (κ2) is 12.8. The summed E-state index contributed by atoms with van der Waals surface area (Å²) in [5.41, 5.74) is 3.56. The van der Waals surface area contributed by atoms with Crippen LogP contribution in [0.1, 0.15) is 28.8 Å². The monoisotopic (exact) mass is 499 g/mol. The van der Waals surface area contributed by atoms with E-state index >= 15 is 0 Å². The number of aromatic nitrogens is 1. The number of anilines is 1. The van der Waals surface area contributed by atoms with Crippen LogP contribution in [0.3, 0.4) is 0 Å². The number of oxazole rings is 1. The van der Waals surface area contributed by atoms with Crippen molar-refractivity contribution in [2.45, 2.75) is 23.8 Å². The molecule has 0 radical (unpaired) electrons. The molecule has 1 atom stereocenters. The van der Waals surface area contributed by atoms with Gasteiger partial charge in [0.25, 0.3) is 0 Å². The fourth-order valence-electron chi connectivity index (χ4n) is 4.38. The lowest BCUT2D eigenvalue weighted by Gasteiger charge is -2.27. The van der Waals surface area contributed by atoms with Crippen LogP contribution in [0.2, 0.25) is 0 Å². The number of rotatable bonds is 11. The second-order valence-corrected chi connectivity index (χ2v) is 10.0. The number of benzene rings is 3. The summed E-state index contributed by atoms with van der Waals surface area (Å²) in [5.74, 6) is 2.49. The average Bonchev–Trinajstić information content (AvgIpc) is 3.36. The standard InChI is InChI=1S/C30H33N3O2S/c1-4-10-24(11-5-1)16-17-31-28(23-36-26-14-8-3-9-15-26)29-32-27(22-25-12-6-2-7-13-25)30(35-29)33-18-20-34-21-19-33/h1-15,28,31H,16-23H2. The SMILES string of the molecule is c1ccc(CCNC(CSc2ccccc2)c2nc(Cc3ccccc3)c(N3CCOCC3)o2)cc1. The first-order valence-corrected chi connectivity index (χ1v) is 13.6. The molecule has 3 aromatic carbocycles. The van der Waals surface area contributed by atoms with Crippen LogP contribution in [-0.4, -0.2) is 43.6 Å². The van der Waals surface area contributed by atoms with Crippen LogP contribution in [0, 0.1) is 0 Å². The van der Waals surface area contributed by atoms with Gasteiger partial charge in [0.05, 0.1) is 19.3 Å². The molecular weight excluding hydrogens is 466 g/mol. The molecule has 5 nitrogen and oxygen atoms in total. The highest BCUT2D eigenvalue weighted by atomic mass is 32.2. The first-order chi connectivity index (χ1) is 17.8. The van der Waals surface area contributed by atoms with Crippen LogP contribution < -0.4 is 10.2 Å². The summed E-state index contributed by atoms with van der Waals surface area (Å²) in [6.07, 6.45) is 1.71. The molecule has 0 saturated carbocycles. The topological polar surface area (TPSA) is 50.5 Å². The summed E-state index contributed by atoms with van der Waals surface area (Å²) >= 11 is 1.83. The first kappa shape index (κ1) is 24.6. The fraction of sp³-hybridized carbons (Fsp3) is 0.300. The van der Waals surface area contributed by atoms with Crippen molar-refractivity contribution in [3.05, 3.63) is 114 Å². The Kier molecular flexibility index (Phi) is 8.73. The van der Waals surface area contributed by atoms with Crippen molar-refractivity contribution in [1.29, 1.82) is 0 Å². The van der Waals surface area contributed by atoms with Gasteiger partial charge in [-0.15, -0.1) is 11.8 Å². The molecule has 1 unspecified atom stereocenters. The van der Waals surface area contributed by atoms with Crippen LogP contribution in [-0.2, 0) is 17.6 Å². The largest absolute Gasteiger partial charge is 0.423 e. The normalized spacial score (nSPS) is 14.6. The van der Waals surface area contributed by atoms with Gasteiger partial charge < -0.3 is 19.4 Å². The summed E-state index contributed by atoms with van der Waals surface area (Å²) in [7, 11) is 0. The van der Waals surface area contributed by atoms with Gasteiger partial charge in [-0.25, -0.2) is 4.98 Å². The molecular formula is C30H33N3O2S. The number of morpholine rings is 1. The van der Waals surface area contributed by atoms with Gasteiger partial charge in [0, 0.05) is 30.2 Å². The van der Waals surface area contributed by atoms with Crippen LogP contribution >= 0.6 is 11.8 Å². The number of hydrogen-bond acceptors (Lipinski definition) is 6. The van der Waals surface area contributed by atoms with Crippen molar-refractivity contribution in [3.8, 4) is 0 Å². The predicted octanol–water partition coefficient (Wildman–Crippen LogP) is 5.77. The highest BCUT2D eigenvalue weighted by Crippen LogP contribution is 2.31. The summed E-state index contributed by atoms with van der Waals surface area (Å²) in [4.78, 5) is 8.62. The van der Waals surface area contributed by atoms with Gasteiger partial charge in [0.1, 0.15) is 5.69 Å². The molecule has 1 saturated heterocycles. The lowest BCUT2D eigenvalue weighted by atomic mass is 10.1. The zero-order valence-corrected chi connectivity index (χ0v) is 21.3. The van der Waals surface area contributed by atoms with E-state index in [4.69, 9.17) is 14.1 Å². The molecule has 1 N–H and O–H groups in total. The Labute approximate surface area is 217 Å². The summed E-state index contributed by atoms with van der Waals surface area (Å²) in [6, 6.07) is 31.6. The molecule has 0 bridgehead atoms. The minimum atomic E-state index is 0.00299. The molecule has 0 amide bonds. The number of hydrogen-bond donors (Lipinski definition) is 1. The van der Waals surface area contributed by atoms with E-state index in [2.05, 4.69) is 95.1 Å². The molecule has 186 valence electrons. The molecule has 1 aliphatic rings. The third-order valence-corrected chi connectivity index (χ3v) is 7.42. The maximum absolute atomic E-state index is 6.56. The predicted molar refractivity (Wildman–Crippen MR) is 147 cm³/mol. The van der Waals surface area contributed by atoms with Crippen molar-refractivity contribution in [3.63, 3.8) is 0 Å². The van der Waals surface area contributed by atoms with E-state index in [1.807, 2.05) is 17.8 Å². The minimum Gasteiger partial charge on any atom is -0.423 e. The molecule has 36 heavy (non-hydrogen) atoms. The molecule has 1 fully saturated rings. The Hall–Kier alpha value is -3.06. The molecule has 0 aliphatic carbocycles. The number of ether oxygens (including phenoxy) is 1. The Morgan fingerprint density at radius 1 is 0.833 bits per heavy atom. The number of nitrogens with zero attached hydrogens (tertiary/aromatic N) is 2. The lowest BCUT2D eigenvalue weighted by Crippen LogP contribution is -2.36. The van der Waals surface area contributed by atoms with E-state index in [1.54, 1.807) is 0 Å². The lowest BCUT2D eigenvalue weighted by molar-refractivity contribution is 0.120. The smallest absolute Gasteiger partial charge is 0.220 e. The maximum atomic E-state index is 6.56. The quantitative estimate of drug-likeness (QED) is 0.265. The van der Waals surface area contributed by atoms with Gasteiger partial charge in [-0.2, -0.15) is 0 Å². The van der Waals surface area contributed by atoms with E-state index in [0.29, 0.717) is 13.2 Å². The van der Waals surface area contributed by atoms with Crippen molar-refractivity contribution in [1.82, 2.24) is 10.3 Å². The van der Waals surface area contributed by atoms with E-state index < -0.39 is 0 Å². The van der Waals surface area contributed by atoms with Crippen LogP contribution in [0.5, 0.6) is 0 Å². The van der Waals surface area contributed by atoms with Crippen molar-refractivity contribution in [2.24, 2.45) is 0 Å². The highest BCUT2D eigenvalue weighted by molar-refractivity contribution is 7.99. The zero-order chi connectivity index (χ0) is 24.4. The summed E-state index contributed by atoms with van der Waals surface area (Å²) in [6.45, 7) is 3.92. The zero-order valence-electron chi connectivity index (χ0n) is 20.5. The van der Waals surface area contributed by atoms with Gasteiger partial charge >= 0.3 is 0 Å². The Balaban J connectivity index is 1.38. The second-order valence-electron chi connectivity index (χ2n) is 8.93. The van der Waals surface area contributed by atoms with Gasteiger partial charge in [0.15, 0.2) is 0 Å². The Morgan fingerprint density at radius 2 is 1.47 bits per heavy atom. The van der Waals surface area contributed by atoms with Crippen LogP contribution in [0.15, 0.2) is 100 Å². The molecule has 2 heterocycles. The number of thioether (sulfide) groups is 1. The van der Waals surface area contributed by atoms with E-state index in [0.717, 1.165) is 55.7 Å². The van der Waals surface area contributed by atoms with Gasteiger partial charge in [-0.1, -0.05) is 78.9 Å². The molecule has 4 aromatic rings. The summed E-state index contributed by atoms with van der Waals surface area (Å²) in [5, 5.41) is 3.74. The van der Waals surface area contributed by atoms with Gasteiger partial charge in [0.2, 0.25) is 11.8 Å².